The first-order valence-electron chi connectivity index (χ1n) is 19.6. The first kappa shape index (κ1) is 46.4. The Hall–Kier alpha value is -5.25. The van der Waals surface area contributed by atoms with Crippen molar-refractivity contribution in [2.75, 3.05) is 36.2 Å². The zero-order valence-electron chi connectivity index (χ0n) is 36.3. The van der Waals surface area contributed by atoms with E-state index in [9.17, 15) is 24.6 Å². The maximum atomic E-state index is 15.6. The Kier molecular flexibility index (Phi) is 14.4. The van der Waals surface area contributed by atoms with Crippen molar-refractivity contribution in [3.8, 4) is 5.75 Å². The first-order valence-corrected chi connectivity index (χ1v) is 22.5. The van der Waals surface area contributed by atoms with Gasteiger partial charge in [0.1, 0.15) is 17.7 Å². The Morgan fingerprint density at radius 3 is 2.27 bits per heavy atom. The van der Waals surface area contributed by atoms with Crippen LogP contribution in [0.1, 0.15) is 89.6 Å². The number of likely N-dealkylation sites (N-methyl/N-ethyl adjacent to an activating group) is 1. The molecule has 1 aromatic heterocycles. The van der Waals surface area contributed by atoms with Gasteiger partial charge in [0.2, 0.25) is 5.91 Å². The summed E-state index contributed by atoms with van der Waals surface area (Å²) < 4.78 is 33.5. The van der Waals surface area contributed by atoms with Crippen LogP contribution in [0.25, 0.3) is 10.8 Å². The number of rotatable bonds is 14. The molecule has 15 heteroatoms. The lowest BCUT2D eigenvalue weighted by molar-refractivity contribution is -0.131. The predicted molar refractivity (Wildman–Crippen MR) is 232 cm³/mol. The molecule has 4 rings (SSSR count). The number of carbonyl (C=O) groups is 3. The third kappa shape index (κ3) is 11.5. The maximum absolute atomic E-state index is 15.6. The highest BCUT2D eigenvalue weighted by Crippen LogP contribution is 2.37. The summed E-state index contributed by atoms with van der Waals surface area (Å²) in [6.45, 7) is 21.4. The lowest BCUT2D eigenvalue weighted by Crippen LogP contribution is -2.43. The van der Waals surface area contributed by atoms with Crippen LogP contribution in [0.15, 0.2) is 60.8 Å². The van der Waals surface area contributed by atoms with Crippen LogP contribution in [-0.4, -0.2) is 78.5 Å². The number of nitrogens with one attached hydrogen (secondary N) is 1. The average molecular weight is 834 g/mol. The summed E-state index contributed by atoms with van der Waals surface area (Å²) in [6.07, 6.45) is -1.79. The van der Waals surface area contributed by atoms with E-state index in [2.05, 4.69) is 44.2 Å². The molecule has 5 N–H and O–H groups in total. The number of carbonyl (C=O) groups excluding carboxylic acids is 2. The zero-order valence-corrected chi connectivity index (χ0v) is 37.3. The van der Waals surface area contributed by atoms with Crippen molar-refractivity contribution in [2.24, 2.45) is 0 Å². The Balaban J connectivity index is 1.71. The summed E-state index contributed by atoms with van der Waals surface area (Å²) >= 11 is 0. The number of benzene rings is 3. The Labute approximate surface area is 347 Å². The molecule has 0 spiro atoms. The number of fused-ring (bicyclic) bond motifs is 1. The van der Waals surface area contributed by atoms with Gasteiger partial charge in [0.15, 0.2) is 25.7 Å². The number of amides is 3. The largest absolute Gasteiger partial charge is 0.485 e. The number of anilines is 3. The summed E-state index contributed by atoms with van der Waals surface area (Å²) in [4.78, 5) is 46.0. The van der Waals surface area contributed by atoms with E-state index in [-0.39, 0.29) is 53.9 Å². The van der Waals surface area contributed by atoms with Crippen LogP contribution >= 0.6 is 0 Å². The number of aryl methyl sites for hydroxylation is 1. The molecular weight excluding hydrogens is 774 g/mol. The van der Waals surface area contributed by atoms with Crippen LogP contribution in [0.5, 0.6) is 5.75 Å². The molecule has 0 saturated heterocycles. The molecule has 4 aromatic rings. The number of aliphatic hydroxyl groups is 1. The molecule has 0 aliphatic heterocycles. The third-order valence-corrected chi connectivity index (χ3v) is 14.9. The highest BCUT2D eigenvalue weighted by Gasteiger charge is 2.38. The Morgan fingerprint density at radius 2 is 1.68 bits per heavy atom. The maximum Gasteiger partial charge on any atom is 0.425 e. The number of ether oxygens (including phenoxy) is 2. The number of aliphatic hydroxyl groups excluding tert-OH is 1. The van der Waals surface area contributed by atoms with Crippen LogP contribution in [0.4, 0.5) is 31.2 Å². The SMILES string of the molecule is Cc1cc(C(Nc2ccc3c(N(C(=O)O)C(=O)OC(C)(C)C)nccc3c2)C(=O)N(C)Cc2cc(N)cc(F)c2O[C@@H](C)CO[Si](C)(C)C(C)(C)C)ccc1[C@@H](C)CO. The number of nitrogen functional groups attached to an aromatic ring is 1. The number of halogens is 1. The fraction of sp³-hybridized carbons (Fsp3) is 0.455. The topological polar surface area (TPSA) is 177 Å². The molecule has 1 unspecified atom stereocenters. The fourth-order valence-electron chi connectivity index (χ4n) is 6.23. The number of nitrogens with two attached hydrogens (primary N) is 1. The van der Waals surface area contributed by atoms with Crippen molar-refractivity contribution in [2.45, 2.75) is 111 Å². The zero-order chi connectivity index (χ0) is 44.2. The van der Waals surface area contributed by atoms with Crippen molar-refractivity contribution in [3.05, 3.63) is 88.9 Å². The van der Waals surface area contributed by atoms with E-state index in [1.807, 2.05) is 39.0 Å². The van der Waals surface area contributed by atoms with E-state index in [0.717, 1.165) is 11.1 Å². The van der Waals surface area contributed by atoms with Crippen molar-refractivity contribution in [1.82, 2.24) is 9.88 Å². The normalized spacial score (nSPS) is 13.7. The second kappa shape index (κ2) is 18.3. The molecular formula is C44H60FN5O8Si. The summed E-state index contributed by atoms with van der Waals surface area (Å²) in [5.41, 5.74) is 8.63. The quantitative estimate of drug-likeness (QED) is 0.0703. The first-order chi connectivity index (χ1) is 27.3. The van der Waals surface area contributed by atoms with E-state index in [4.69, 9.17) is 19.6 Å². The van der Waals surface area contributed by atoms with Crippen molar-refractivity contribution in [1.29, 1.82) is 0 Å². The van der Waals surface area contributed by atoms with Gasteiger partial charge in [-0.15, -0.1) is 0 Å². The molecule has 0 aliphatic carbocycles. The number of nitrogens with zero attached hydrogens (tertiary/aromatic N) is 3. The minimum atomic E-state index is -2.11. The van der Waals surface area contributed by atoms with Gasteiger partial charge in [0.25, 0.3) is 0 Å². The lowest BCUT2D eigenvalue weighted by Gasteiger charge is -2.37. The summed E-state index contributed by atoms with van der Waals surface area (Å²) in [5, 5.41) is 24.1. The molecule has 0 radical (unpaired) electrons. The van der Waals surface area contributed by atoms with Gasteiger partial charge in [-0.1, -0.05) is 45.9 Å². The predicted octanol–water partition coefficient (Wildman–Crippen LogP) is 9.38. The number of aromatic nitrogens is 1. The molecule has 0 aliphatic rings. The third-order valence-electron chi connectivity index (χ3n) is 10.4. The second-order valence-corrected chi connectivity index (χ2v) is 22.4. The van der Waals surface area contributed by atoms with Gasteiger partial charge in [0, 0.05) is 60.7 Å². The number of carboxylic acid groups (broad SMARTS) is 1. The highest BCUT2D eigenvalue weighted by molar-refractivity contribution is 6.74. The second-order valence-electron chi connectivity index (χ2n) is 17.6. The lowest BCUT2D eigenvalue weighted by atomic mass is 9.93. The smallest absolute Gasteiger partial charge is 0.425 e. The van der Waals surface area contributed by atoms with Gasteiger partial charge in [-0.3, -0.25) is 4.79 Å². The summed E-state index contributed by atoms with van der Waals surface area (Å²) in [6, 6.07) is 14.0. The number of hydrogen-bond acceptors (Lipinski definition) is 10. The van der Waals surface area contributed by atoms with Crippen molar-refractivity contribution < 1.29 is 42.9 Å². The molecule has 320 valence electrons. The highest BCUT2D eigenvalue weighted by atomic mass is 28.4. The van der Waals surface area contributed by atoms with Gasteiger partial charge in [0.05, 0.1) is 6.61 Å². The van der Waals surface area contributed by atoms with Gasteiger partial charge >= 0.3 is 12.2 Å². The Bertz CT molecular complexity index is 2170. The van der Waals surface area contributed by atoms with Crippen molar-refractivity contribution in [3.63, 3.8) is 0 Å². The minimum Gasteiger partial charge on any atom is -0.485 e. The van der Waals surface area contributed by atoms with E-state index in [1.54, 1.807) is 58.2 Å². The number of imide groups is 1. The Morgan fingerprint density at radius 1 is 1.00 bits per heavy atom. The van der Waals surface area contributed by atoms with Crippen LogP contribution in [0.3, 0.4) is 0 Å². The molecule has 13 nitrogen and oxygen atoms in total. The van der Waals surface area contributed by atoms with E-state index < -0.39 is 44.1 Å². The molecule has 3 amide bonds. The van der Waals surface area contributed by atoms with Crippen LogP contribution in [-0.2, 0) is 20.5 Å². The van der Waals surface area contributed by atoms with E-state index in [0.29, 0.717) is 32.5 Å². The monoisotopic (exact) mass is 833 g/mol. The standard InChI is InChI=1S/C44H60FN5O8Si/c1-26-19-30(13-15-34(26)27(2)24-51)37(48-33-14-16-35-29(21-33)17-18-47-39(35)50(41(53)54)42(55)58-43(4,5)6)40(52)49(10)23-31-20-32(46)22-36(45)38(31)57-28(3)25-56-59(11,12)44(7,8)9/h13-22,27-28,37,48,51H,23-25,46H2,1-12H3,(H,53,54)/t27-,28-,37?/m0/s1. The summed E-state index contributed by atoms with van der Waals surface area (Å²) in [7, 11) is -0.502. The molecule has 59 heavy (non-hydrogen) atoms. The number of pyridine rings is 1. The average Bonchev–Trinajstić information content (AvgIpc) is 3.12. The fourth-order valence-corrected chi connectivity index (χ4v) is 7.32. The van der Waals surface area contributed by atoms with Crippen LogP contribution < -0.4 is 20.7 Å². The van der Waals surface area contributed by atoms with E-state index >= 15 is 4.39 Å². The van der Waals surface area contributed by atoms with Crippen LogP contribution in [0.2, 0.25) is 18.1 Å². The minimum absolute atomic E-state index is 0.0198. The van der Waals surface area contributed by atoms with Gasteiger partial charge < -0.3 is 40.1 Å². The molecule has 1 heterocycles. The van der Waals surface area contributed by atoms with Gasteiger partial charge in [-0.25, -0.2) is 19.0 Å². The van der Waals surface area contributed by atoms with E-state index in [1.165, 1.54) is 17.2 Å². The molecule has 0 bridgehead atoms. The molecule has 3 atom stereocenters. The van der Waals surface area contributed by atoms with Gasteiger partial charge in [-0.05, 0) is 105 Å². The summed E-state index contributed by atoms with van der Waals surface area (Å²) in [5.74, 6) is -1.31. The number of hydrogen-bond donors (Lipinski definition) is 4. The molecule has 3 aromatic carbocycles. The van der Waals surface area contributed by atoms with Gasteiger partial charge in [-0.2, -0.15) is 4.90 Å². The molecule has 0 fully saturated rings. The molecule has 0 saturated carbocycles. The van der Waals surface area contributed by atoms with Crippen LogP contribution in [0, 0.1) is 12.7 Å². The van der Waals surface area contributed by atoms with Crippen molar-refractivity contribution >= 4 is 54.4 Å².